The van der Waals surface area contributed by atoms with Crippen molar-refractivity contribution in [2.24, 2.45) is 5.92 Å². The van der Waals surface area contributed by atoms with Crippen LogP contribution in [0.5, 0.6) is 0 Å². The molecule has 0 amide bonds. The van der Waals surface area contributed by atoms with E-state index in [1.807, 2.05) is 11.8 Å². The van der Waals surface area contributed by atoms with Gasteiger partial charge in [-0.05, 0) is 38.0 Å². The first-order valence-corrected chi connectivity index (χ1v) is 10.1. The number of sulfonamides is 1. The number of hydrogen-bond donors (Lipinski definition) is 0. The fraction of sp³-hybridized carbons (Fsp3) is 0.750. The van der Waals surface area contributed by atoms with Crippen molar-refractivity contribution in [1.29, 1.82) is 0 Å². The van der Waals surface area contributed by atoms with E-state index in [9.17, 15) is 12.8 Å². The van der Waals surface area contributed by atoms with Gasteiger partial charge in [0.25, 0.3) is 0 Å². The third-order valence-corrected chi connectivity index (χ3v) is 7.32. The van der Waals surface area contributed by atoms with Gasteiger partial charge in [-0.2, -0.15) is 0 Å². The summed E-state index contributed by atoms with van der Waals surface area (Å²) in [5.74, 6) is 0.362. The average Bonchev–Trinajstić information content (AvgIpc) is 3.41. The monoisotopic (exact) mass is 356 g/mol. The maximum absolute atomic E-state index is 14.4. The fourth-order valence-corrected chi connectivity index (χ4v) is 4.94. The Kier molecular flexibility index (Phi) is 5.05. The molecule has 1 saturated carbocycles. The van der Waals surface area contributed by atoms with E-state index in [0.29, 0.717) is 43.5 Å². The number of nitrogens with zero attached hydrogens (tertiary/aromatic N) is 4. The Morgan fingerprint density at radius 2 is 1.92 bits per heavy atom. The number of aryl methyl sites for hydroxylation is 1. The van der Waals surface area contributed by atoms with Gasteiger partial charge in [0.2, 0.25) is 10.0 Å². The van der Waals surface area contributed by atoms with Gasteiger partial charge in [-0.1, -0.05) is 6.92 Å². The zero-order valence-electron chi connectivity index (χ0n) is 14.3. The van der Waals surface area contributed by atoms with E-state index >= 15 is 0 Å². The minimum atomic E-state index is -3.11. The number of rotatable bonds is 6. The molecule has 1 aliphatic carbocycles. The third kappa shape index (κ3) is 3.54. The van der Waals surface area contributed by atoms with Crippen LogP contribution in [0.2, 0.25) is 0 Å². The van der Waals surface area contributed by atoms with E-state index < -0.39 is 10.0 Å². The van der Waals surface area contributed by atoms with Crippen LogP contribution in [0.15, 0.2) is 6.33 Å². The zero-order chi connectivity index (χ0) is 17.3. The highest BCUT2D eigenvalue weighted by atomic mass is 32.2. The first kappa shape index (κ1) is 17.5. The van der Waals surface area contributed by atoms with Gasteiger partial charge in [-0.3, -0.25) is 0 Å². The molecule has 0 spiro atoms. The topological polar surface area (TPSA) is 66.4 Å². The number of hydrogen-bond acceptors (Lipinski definition) is 5. The standard InChI is InChI=1S/C16H25FN4O2S/c1-3-14-15(17)16(19-11-18-14)21-8-6-12(7-9-21)10-20(2)24(22,23)13-4-5-13/h11-13H,3-10H2,1-2H3. The summed E-state index contributed by atoms with van der Waals surface area (Å²) in [4.78, 5) is 10.0. The second kappa shape index (κ2) is 6.92. The summed E-state index contributed by atoms with van der Waals surface area (Å²) in [5, 5.41) is -0.162. The Hall–Kier alpha value is -1.28. The van der Waals surface area contributed by atoms with Crippen LogP contribution in [-0.2, 0) is 16.4 Å². The lowest BCUT2D eigenvalue weighted by atomic mass is 9.97. The molecule has 2 fully saturated rings. The highest BCUT2D eigenvalue weighted by Gasteiger charge is 2.39. The van der Waals surface area contributed by atoms with Crippen LogP contribution in [0.4, 0.5) is 10.2 Å². The highest BCUT2D eigenvalue weighted by Crippen LogP contribution is 2.32. The van der Waals surface area contributed by atoms with Crippen molar-refractivity contribution in [2.75, 3.05) is 31.6 Å². The second-order valence-corrected chi connectivity index (χ2v) is 9.09. The van der Waals surface area contributed by atoms with Crippen LogP contribution in [0.25, 0.3) is 0 Å². The Bertz CT molecular complexity index is 685. The Morgan fingerprint density at radius 1 is 1.25 bits per heavy atom. The molecule has 6 nitrogen and oxygen atoms in total. The molecule has 2 aliphatic rings. The fourth-order valence-electron chi connectivity index (χ4n) is 3.28. The maximum Gasteiger partial charge on any atom is 0.216 e. The number of aromatic nitrogens is 2. The number of halogens is 1. The SMILES string of the molecule is CCc1ncnc(N2CCC(CN(C)S(=O)(=O)C3CC3)CC2)c1F. The summed E-state index contributed by atoms with van der Waals surface area (Å²) in [6.45, 7) is 3.81. The van der Waals surface area contributed by atoms with Crippen LogP contribution in [0.3, 0.4) is 0 Å². The third-order valence-electron chi connectivity index (χ3n) is 4.99. The van der Waals surface area contributed by atoms with Crippen LogP contribution >= 0.6 is 0 Å². The van der Waals surface area contributed by atoms with Gasteiger partial charge in [-0.25, -0.2) is 27.1 Å². The van der Waals surface area contributed by atoms with Crippen LogP contribution in [-0.4, -0.2) is 54.6 Å². The number of piperidine rings is 1. The van der Waals surface area contributed by atoms with Gasteiger partial charge in [0, 0.05) is 26.7 Å². The van der Waals surface area contributed by atoms with Crippen molar-refractivity contribution in [3.63, 3.8) is 0 Å². The first-order valence-electron chi connectivity index (χ1n) is 8.63. The quantitative estimate of drug-likeness (QED) is 0.778. The molecule has 8 heteroatoms. The molecular formula is C16H25FN4O2S. The molecule has 0 atom stereocenters. The van der Waals surface area contributed by atoms with Gasteiger partial charge < -0.3 is 4.90 Å². The molecule has 1 aromatic rings. The normalized spacial score (nSPS) is 19.9. The second-order valence-electron chi connectivity index (χ2n) is 6.77. The van der Waals surface area contributed by atoms with Gasteiger partial charge >= 0.3 is 0 Å². The summed E-state index contributed by atoms with van der Waals surface area (Å²) >= 11 is 0. The van der Waals surface area contributed by atoms with Gasteiger partial charge in [0.15, 0.2) is 11.6 Å². The van der Waals surface area contributed by atoms with Gasteiger partial charge in [0.1, 0.15) is 6.33 Å². The summed E-state index contributed by atoms with van der Waals surface area (Å²) in [6.07, 6.45) is 5.22. The molecule has 24 heavy (non-hydrogen) atoms. The van der Waals surface area contributed by atoms with Crippen molar-refractivity contribution < 1.29 is 12.8 Å². The molecule has 0 aromatic carbocycles. The molecule has 1 aliphatic heterocycles. The minimum absolute atomic E-state index is 0.162. The zero-order valence-corrected chi connectivity index (χ0v) is 15.1. The minimum Gasteiger partial charge on any atom is -0.354 e. The maximum atomic E-state index is 14.4. The van der Waals surface area contributed by atoms with Crippen molar-refractivity contribution in [3.05, 3.63) is 17.8 Å². The molecule has 0 bridgehead atoms. The van der Waals surface area contributed by atoms with Crippen molar-refractivity contribution in [3.8, 4) is 0 Å². The largest absolute Gasteiger partial charge is 0.354 e. The molecule has 3 rings (SSSR count). The molecule has 2 heterocycles. The summed E-state index contributed by atoms with van der Waals surface area (Å²) in [6, 6.07) is 0. The van der Waals surface area contributed by atoms with Crippen LogP contribution in [0.1, 0.15) is 38.3 Å². The van der Waals surface area contributed by atoms with Crippen LogP contribution < -0.4 is 4.90 Å². The lowest BCUT2D eigenvalue weighted by molar-refractivity contribution is 0.326. The van der Waals surface area contributed by atoms with Crippen molar-refractivity contribution >= 4 is 15.8 Å². The Labute approximate surface area is 143 Å². The van der Waals surface area contributed by atoms with E-state index in [4.69, 9.17) is 0 Å². The van der Waals surface area contributed by atoms with Gasteiger partial charge in [0.05, 0.1) is 10.9 Å². The lowest BCUT2D eigenvalue weighted by Crippen LogP contribution is -2.41. The molecule has 0 radical (unpaired) electrons. The molecule has 1 aromatic heterocycles. The smallest absolute Gasteiger partial charge is 0.216 e. The van der Waals surface area contributed by atoms with Crippen molar-refractivity contribution in [1.82, 2.24) is 14.3 Å². The summed E-state index contributed by atoms with van der Waals surface area (Å²) in [7, 11) is -1.43. The summed E-state index contributed by atoms with van der Waals surface area (Å²) < 4.78 is 40.3. The highest BCUT2D eigenvalue weighted by molar-refractivity contribution is 7.90. The predicted molar refractivity (Wildman–Crippen MR) is 90.9 cm³/mol. The number of anilines is 1. The van der Waals surface area contributed by atoms with E-state index in [0.717, 1.165) is 25.7 Å². The first-order chi connectivity index (χ1) is 11.4. The average molecular weight is 356 g/mol. The molecule has 134 valence electrons. The molecule has 0 unspecified atom stereocenters. The molecule has 0 N–H and O–H groups in total. The van der Waals surface area contributed by atoms with E-state index in [1.54, 1.807) is 7.05 Å². The Morgan fingerprint density at radius 3 is 2.50 bits per heavy atom. The summed E-state index contributed by atoms with van der Waals surface area (Å²) in [5.41, 5.74) is 0.442. The molecule has 1 saturated heterocycles. The van der Waals surface area contributed by atoms with Crippen LogP contribution in [0, 0.1) is 11.7 Å². The van der Waals surface area contributed by atoms with E-state index in [2.05, 4.69) is 9.97 Å². The Balaban J connectivity index is 1.58. The van der Waals surface area contributed by atoms with Crippen molar-refractivity contribution in [2.45, 2.75) is 44.3 Å². The lowest BCUT2D eigenvalue weighted by Gasteiger charge is -2.34. The molecular weight excluding hydrogens is 331 g/mol. The van der Waals surface area contributed by atoms with E-state index in [1.165, 1.54) is 10.6 Å². The van der Waals surface area contributed by atoms with E-state index in [-0.39, 0.29) is 11.1 Å². The predicted octanol–water partition coefficient (Wildman–Crippen LogP) is 1.82. The van der Waals surface area contributed by atoms with Gasteiger partial charge in [-0.15, -0.1) is 0 Å².